The minimum absolute atomic E-state index is 0.0618. The van der Waals surface area contributed by atoms with Crippen LogP contribution in [0.2, 0.25) is 0 Å². The number of carbonyl (C=O) groups excluding carboxylic acids is 1. The summed E-state index contributed by atoms with van der Waals surface area (Å²) < 4.78 is 0. The largest absolute Gasteiger partial charge is 0.299 e. The van der Waals surface area contributed by atoms with E-state index in [9.17, 15) is 4.79 Å². The minimum Gasteiger partial charge on any atom is -0.299 e. The molecule has 2 rings (SSSR count). The molecule has 0 spiro atoms. The van der Waals surface area contributed by atoms with E-state index >= 15 is 0 Å². The molecule has 0 amide bonds. The molecule has 1 radical (unpaired) electrons. The number of nitrogens with zero attached hydrogens (tertiary/aromatic N) is 2. The van der Waals surface area contributed by atoms with Gasteiger partial charge in [0.1, 0.15) is 5.78 Å². The number of hydrogen-bond acceptors (Lipinski definition) is 3. The van der Waals surface area contributed by atoms with Crippen LogP contribution in [0.1, 0.15) is 24.1 Å². The van der Waals surface area contributed by atoms with Crippen molar-refractivity contribution in [3.8, 4) is 0 Å². The highest BCUT2D eigenvalue weighted by molar-refractivity contribution is 5.86. The van der Waals surface area contributed by atoms with Crippen molar-refractivity contribution in [2.45, 2.75) is 12.8 Å². The maximum atomic E-state index is 11.7. The lowest BCUT2D eigenvalue weighted by atomic mass is 9.92. The summed E-state index contributed by atoms with van der Waals surface area (Å²) in [6.45, 7) is 1.57. The number of ketones is 1. The Morgan fingerprint density at radius 3 is 2.62 bits per heavy atom. The number of carbonyl (C=O) groups is 1. The van der Waals surface area contributed by atoms with E-state index in [-0.39, 0.29) is 11.7 Å². The third-order valence-electron chi connectivity index (χ3n) is 2.36. The average molecular weight is 211 g/mol. The molecule has 0 aliphatic carbocycles. The Bertz CT molecular complexity index is 428. The van der Waals surface area contributed by atoms with Crippen LogP contribution in [0.3, 0.4) is 0 Å². The van der Waals surface area contributed by atoms with Crippen molar-refractivity contribution >= 4 is 5.78 Å². The molecule has 1 heterocycles. The number of hydrogen-bond donors (Lipinski definition) is 0. The molecule has 0 saturated carbocycles. The second-order valence-electron chi connectivity index (χ2n) is 3.51. The zero-order valence-electron chi connectivity index (χ0n) is 8.92. The molecule has 3 nitrogen and oxygen atoms in total. The summed E-state index contributed by atoms with van der Waals surface area (Å²) in [6, 6.07) is 10.3. The van der Waals surface area contributed by atoms with Crippen LogP contribution in [0, 0.1) is 6.07 Å². The van der Waals surface area contributed by atoms with Crippen molar-refractivity contribution in [2.24, 2.45) is 0 Å². The van der Waals surface area contributed by atoms with Crippen LogP contribution in [-0.4, -0.2) is 15.8 Å². The van der Waals surface area contributed by atoms with Crippen LogP contribution in [-0.2, 0) is 4.79 Å². The monoisotopic (exact) mass is 211 g/mol. The first kappa shape index (κ1) is 10.5. The molecule has 3 heteroatoms. The number of rotatable bonds is 3. The molecule has 0 saturated heterocycles. The maximum Gasteiger partial charge on any atom is 0.143 e. The van der Waals surface area contributed by atoms with Crippen molar-refractivity contribution in [1.82, 2.24) is 9.97 Å². The van der Waals surface area contributed by atoms with Crippen LogP contribution in [0.25, 0.3) is 0 Å². The van der Waals surface area contributed by atoms with E-state index in [2.05, 4.69) is 16.0 Å². The first-order chi connectivity index (χ1) is 7.79. The van der Waals surface area contributed by atoms with Gasteiger partial charge >= 0.3 is 0 Å². The molecular weight excluding hydrogens is 200 g/mol. The van der Waals surface area contributed by atoms with E-state index in [1.807, 2.05) is 12.1 Å². The summed E-state index contributed by atoms with van der Waals surface area (Å²) in [6.07, 6.45) is 4.82. The van der Waals surface area contributed by atoms with Crippen molar-refractivity contribution in [3.63, 3.8) is 0 Å². The van der Waals surface area contributed by atoms with Gasteiger partial charge in [-0.3, -0.25) is 14.8 Å². The molecule has 79 valence electrons. The molecule has 16 heavy (non-hydrogen) atoms. The lowest BCUT2D eigenvalue weighted by Crippen LogP contribution is -2.12. The van der Waals surface area contributed by atoms with Gasteiger partial charge in [-0.2, -0.15) is 0 Å². The van der Waals surface area contributed by atoms with Crippen LogP contribution in [0.5, 0.6) is 0 Å². The summed E-state index contributed by atoms with van der Waals surface area (Å²) in [7, 11) is 0. The van der Waals surface area contributed by atoms with Crippen LogP contribution < -0.4 is 0 Å². The molecule has 1 atom stereocenters. The minimum atomic E-state index is -0.330. The Balaban J connectivity index is 2.44. The van der Waals surface area contributed by atoms with Gasteiger partial charge in [0.25, 0.3) is 0 Å². The Labute approximate surface area is 94.2 Å². The van der Waals surface area contributed by atoms with Gasteiger partial charge in [-0.05, 0) is 18.6 Å². The Morgan fingerprint density at radius 2 is 2.06 bits per heavy atom. The highest BCUT2D eigenvalue weighted by atomic mass is 16.1. The molecule has 2 aromatic rings. The van der Waals surface area contributed by atoms with Crippen molar-refractivity contribution in [2.75, 3.05) is 0 Å². The van der Waals surface area contributed by atoms with Crippen LogP contribution >= 0.6 is 0 Å². The summed E-state index contributed by atoms with van der Waals surface area (Å²) in [5, 5.41) is 0. The molecule has 1 unspecified atom stereocenters. The predicted octanol–water partition coefficient (Wildman–Crippen LogP) is 2.00. The summed E-state index contributed by atoms with van der Waals surface area (Å²) >= 11 is 0. The van der Waals surface area contributed by atoms with Gasteiger partial charge < -0.3 is 0 Å². The standard InChI is InChI=1S/C13H11N2O/c1-10(16)13(11-5-3-2-4-6-11)12-9-14-7-8-15-12/h3-9,13H,1H3. The predicted molar refractivity (Wildman–Crippen MR) is 59.8 cm³/mol. The second-order valence-corrected chi connectivity index (χ2v) is 3.51. The van der Waals surface area contributed by atoms with E-state index in [4.69, 9.17) is 0 Å². The molecule has 0 N–H and O–H groups in total. The highest BCUT2D eigenvalue weighted by Gasteiger charge is 2.19. The quantitative estimate of drug-likeness (QED) is 0.779. The Kier molecular flexibility index (Phi) is 3.05. The third kappa shape index (κ3) is 2.14. The van der Waals surface area contributed by atoms with E-state index < -0.39 is 0 Å². The van der Waals surface area contributed by atoms with E-state index in [0.29, 0.717) is 5.69 Å². The third-order valence-corrected chi connectivity index (χ3v) is 2.36. The fraction of sp³-hybridized carbons (Fsp3) is 0.154. The van der Waals surface area contributed by atoms with Crippen molar-refractivity contribution < 1.29 is 4.79 Å². The number of aromatic nitrogens is 2. The molecule has 0 bridgehead atoms. The highest BCUT2D eigenvalue weighted by Crippen LogP contribution is 2.22. The molecule has 0 aliphatic heterocycles. The van der Waals surface area contributed by atoms with E-state index in [0.717, 1.165) is 5.56 Å². The topological polar surface area (TPSA) is 42.9 Å². The maximum absolute atomic E-state index is 11.7. The summed E-state index contributed by atoms with van der Waals surface area (Å²) in [5.41, 5.74) is 1.60. The van der Waals surface area contributed by atoms with Gasteiger partial charge in [0.2, 0.25) is 0 Å². The Morgan fingerprint density at radius 1 is 1.31 bits per heavy atom. The normalized spacial score (nSPS) is 12.1. The zero-order valence-corrected chi connectivity index (χ0v) is 8.92. The lowest BCUT2D eigenvalue weighted by molar-refractivity contribution is -0.117. The molecule has 1 aromatic carbocycles. The zero-order chi connectivity index (χ0) is 11.4. The molecule has 1 aromatic heterocycles. The fourth-order valence-electron chi connectivity index (χ4n) is 1.67. The van der Waals surface area contributed by atoms with Gasteiger partial charge in [-0.1, -0.05) is 24.3 Å². The summed E-state index contributed by atoms with van der Waals surface area (Å²) in [5.74, 6) is -0.269. The number of Topliss-reactive ketones (excluding diaryl/α,β-unsaturated/α-hetero) is 1. The van der Waals surface area contributed by atoms with E-state index in [1.165, 1.54) is 0 Å². The van der Waals surface area contributed by atoms with E-state index in [1.54, 1.807) is 37.6 Å². The van der Waals surface area contributed by atoms with Gasteiger partial charge in [-0.25, -0.2) is 0 Å². The fourth-order valence-corrected chi connectivity index (χ4v) is 1.67. The van der Waals surface area contributed by atoms with Gasteiger partial charge in [0.05, 0.1) is 11.6 Å². The van der Waals surface area contributed by atoms with Crippen LogP contribution in [0.4, 0.5) is 0 Å². The first-order valence-electron chi connectivity index (χ1n) is 5.01. The van der Waals surface area contributed by atoms with Crippen molar-refractivity contribution in [1.29, 1.82) is 0 Å². The van der Waals surface area contributed by atoms with Gasteiger partial charge in [0, 0.05) is 18.6 Å². The molecular formula is C13H11N2O. The second kappa shape index (κ2) is 4.66. The van der Waals surface area contributed by atoms with Crippen molar-refractivity contribution in [3.05, 3.63) is 60.2 Å². The smallest absolute Gasteiger partial charge is 0.143 e. The Hall–Kier alpha value is -2.03. The first-order valence-corrected chi connectivity index (χ1v) is 5.01. The average Bonchev–Trinajstić information content (AvgIpc) is 2.31. The SMILES string of the molecule is CC(=O)C(c1cc[c]cc1)c1cnccn1. The molecule has 0 aliphatic rings. The van der Waals surface area contributed by atoms with Gasteiger partial charge in [-0.15, -0.1) is 0 Å². The van der Waals surface area contributed by atoms with Crippen LogP contribution in [0.15, 0.2) is 42.9 Å². The lowest BCUT2D eigenvalue weighted by Gasteiger charge is -2.12. The molecule has 0 fully saturated rings. The number of benzene rings is 1. The summed E-state index contributed by atoms with van der Waals surface area (Å²) in [4.78, 5) is 19.8. The van der Waals surface area contributed by atoms with Gasteiger partial charge in [0.15, 0.2) is 0 Å².